The highest BCUT2D eigenvalue weighted by Crippen LogP contribution is 2.19. The summed E-state index contributed by atoms with van der Waals surface area (Å²) in [6.45, 7) is 8.07. The van der Waals surface area contributed by atoms with E-state index in [2.05, 4.69) is 10.6 Å². The van der Waals surface area contributed by atoms with E-state index in [1.807, 2.05) is 20.8 Å². The molecule has 0 radical (unpaired) electrons. The summed E-state index contributed by atoms with van der Waals surface area (Å²) in [7, 11) is 0. The van der Waals surface area contributed by atoms with Crippen molar-refractivity contribution in [2.24, 2.45) is 0 Å². The molecule has 0 saturated heterocycles. The van der Waals surface area contributed by atoms with Crippen LogP contribution in [0.4, 0.5) is 4.79 Å². The van der Waals surface area contributed by atoms with Crippen LogP contribution in [0.15, 0.2) is 0 Å². The summed E-state index contributed by atoms with van der Waals surface area (Å²) >= 11 is 0. The van der Waals surface area contributed by atoms with Gasteiger partial charge in [-0.1, -0.05) is 0 Å². The van der Waals surface area contributed by atoms with E-state index in [9.17, 15) is 9.59 Å². The van der Waals surface area contributed by atoms with Crippen molar-refractivity contribution in [3.63, 3.8) is 0 Å². The Labute approximate surface area is 126 Å². The number of ether oxygens (including phenoxy) is 2. The molecular formula is C15H28N2O4. The summed E-state index contributed by atoms with van der Waals surface area (Å²) in [5.41, 5.74) is -0.459. The number of carbonyl (C=O) groups excluding carboxylic acids is 2. The Balaban J connectivity index is 2.14. The highest BCUT2D eigenvalue weighted by Gasteiger charge is 2.24. The lowest BCUT2D eigenvalue weighted by atomic mass is 9.91. The smallest absolute Gasteiger partial charge is 0.407 e. The molecule has 2 N–H and O–H groups in total. The van der Waals surface area contributed by atoms with Crippen LogP contribution in [0.5, 0.6) is 0 Å². The largest absolute Gasteiger partial charge is 0.465 e. The fraction of sp³-hybridized carbons (Fsp3) is 0.867. The molecule has 0 aliphatic heterocycles. The second-order valence-electron chi connectivity index (χ2n) is 6.49. The van der Waals surface area contributed by atoms with Gasteiger partial charge >= 0.3 is 12.1 Å². The molecule has 1 fully saturated rings. The van der Waals surface area contributed by atoms with Crippen molar-refractivity contribution in [1.82, 2.24) is 10.6 Å². The first kappa shape index (κ1) is 17.8. The Morgan fingerprint density at radius 2 is 1.67 bits per heavy atom. The van der Waals surface area contributed by atoms with Gasteiger partial charge in [0, 0.05) is 25.6 Å². The lowest BCUT2D eigenvalue weighted by Gasteiger charge is -2.30. The molecule has 0 aromatic rings. The van der Waals surface area contributed by atoms with Crippen molar-refractivity contribution in [2.75, 3.05) is 13.2 Å². The molecule has 1 saturated carbocycles. The minimum atomic E-state index is -0.459. The summed E-state index contributed by atoms with van der Waals surface area (Å²) in [5.74, 6) is -0.248. The highest BCUT2D eigenvalue weighted by atomic mass is 16.6. The first-order valence-corrected chi connectivity index (χ1v) is 7.62. The lowest BCUT2D eigenvalue weighted by molar-refractivity contribution is -0.140. The number of carbonyl (C=O) groups is 2. The van der Waals surface area contributed by atoms with Crippen LogP contribution in [0, 0.1) is 0 Å². The van der Waals surface area contributed by atoms with Crippen LogP contribution in [0.25, 0.3) is 0 Å². The summed E-state index contributed by atoms with van der Waals surface area (Å²) < 4.78 is 10.1. The highest BCUT2D eigenvalue weighted by molar-refractivity contribution is 5.68. The Morgan fingerprint density at radius 3 is 2.19 bits per heavy atom. The van der Waals surface area contributed by atoms with Crippen LogP contribution in [0.3, 0.4) is 0 Å². The number of hydrogen-bond acceptors (Lipinski definition) is 5. The molecule has 1 aliphatic rings. The summed E-state index contributed by atoms with van der Waals surface area (Å²) in [6.07, 6.45) is 3.53. The number of hydrogen-bond donors (Lipinski definition) is 2. The van der Waals surface area contributed by atoms with E-state index in [0.717, 1.165) is 25.7 Å². The number of amides is 1. The molecular weight excluding hydrogens is 272 g/mol. The van der Waals surface area contributed by atoms with Gasteiger partial charge in [0.05, 0.1) is 0 Å². The molecule has 6 heteroatoms. The zero-order chi connectivity index (χ0) is 15.9. The Kier molecular flexibility index (Phi) is 6.95. The molecule has 0 aromatic carbocycles. The third-order valence-electron chi connectivity index (χ3n) is 3.29. The first-order chi connectivity index (χ1) is 9.76. The van der Waals surface area contributed by atoms with Gasteiger partial charge < -0.3 is 20.1 Å². The molecule has 0 unspecified atom stereocenters. The van der Waals surface area contributed by atoms with Gasteiger partial charge in [-0.05, 0) is 46.5 Å². The Hall–Kier alpha value is -1.30. The number of esters is 1. The van der Waals surface area contributed by atoms with Crippen LogP contribution < -0.4 is 10.6 Å². The minimum Gasteiger partial charge on any atom is -0.465 e. The second kappa shape index (κ2) is 8.22. The van der Waals surface area contributed by atoms with Crippen molar-refractivity contribution < 1.29 is 19.1 Å². The monoisotopic (exact) mass is 300 g/mol. The van der Waals surface area contributed by atoms with Crippen LogP contribution in [0.2, 0.25) is 0 Å². The van der Waals surface area contributed by atoms with Gasteiger partial charge in [-0.25, -0.2) is 4.79 Å². The molecule has 0 bridgehead atoms. The number of alkyl carbamates (subject to hydrolysis) is 1. The lowest BCUT2D eigenvalue weighted by Crippen LogP contribution is -2.44. The maximum absolute atomic E-state index is 11.7. The second-order valence-corrected chi connectivity index (χ2v) is 6.49. The van der Waals surface area contributed by atoms with Gasteiger partial charge in [-0.2, -0.15) is 0 Å². The standard InChI is InChI=1S/C15H28N2O4/c1-11(18)20-10-9-16-12-5-7-13(8-6-12)17-14(19)21-15(2,3)4/h12-13,16H,5-10H2,1-4H3,(H,17,19). The van der Waals surface area contributed by atoms with E-state index in [1.165, 1.54) is 6.92 Å². The van der Waals surface area contributed by atoms with Gasteiger partial charge in [0.25, 0.3) is 0 Å². The number of nitrogens with one attached hydrogen (secondary N) is 2. The molecule has 21 heavy (non-hydrogen) atoms. The van der Waals surface area contributed by atoms with Gasteiger partial charge in [0.2, 0.25) is 0 Å². The van der Waals surface area contributed by atoms with Crippen molar-refractivity contribution in [2.45, 2.75) is 71.1 Å². The predicted octanol–water partition coefficient (Wildman–Crippen LogP) is 1.97. The van der Waals surface area contributed by atoms with Crippen molar-refractivity contribution >= 4 is 12.1 Å². The fourth-order valence-electron chi connectivity index (χ4n) is 2.37. The molecule has 1 amide bonds. The first-order valence-electron chi connectivity index (χ1n) is 7.62. The van der Waals surface area contributed by atoms with Crippen LogP contribution in [-0.4, -0.2) is 42.9 Å². The topological polar surface area (TPSA) is 76.7 Å². The van der Waals surface area contributed by atoms with E-state index >= 15 is 0 Å². The average molecular weight is 300 g/mol. The maximum atomic E-state index is 11.7. The van der Waals surface area contributed by atoms with E-state index in [0.29, 0.717) is 19.2 Å². The zero-order valence-electron chi connectivity index (χ0n) is 13.5. The summed E-state index contributed by atoms with van der Waals surface area (Å²) in [4.78, 5) is 22.3. The molecule has 122 valence electrons. The summed E-state index contributed by atoms with van der Waals surface area (Å²) in [5, 5.41) is 6.29. The van der Waals surface area contributed by atoms with Crippen molar-refractivity contribution in [3.8, 4) is 0 Å². The van der Waals surface area contributed by atoms with Crippen LogP contribution in [0.1, 0.15) is 53.4 Å². The molecule has 0 spiro atoms. The number of rotatable bonds is 5. The van der Waals surface area contributed by atoms with E-state index in [-0.39, 0.29) is 18.1 Å². The maximum Gasteiger partial charge on any atom is 0.407 e. The van der Waals surface area contributed by atoms with Crippen molar-refractivity contribution in [1.29, 1.82) is 0 Å². The van der Waals surface area contributed by atoms with Gasteiger partial charge in [0.1, 0.15) is 12.2 Å². The minimum absolute atomic E-state index is 0.186. The third kappa shape index (κ3) is 8.55. The predicted molar refractivity (Wildman–Crippen MR) is 80.0 cm³/mol. The van der Waals surface area contributed by atoms with Gasteiger partial charge in [-0.3, -0.25) is 4.79 Å². The summed E-state index contributed by atoms with van der Waals surface area (Å²) in [6, 6.07) is 0.614. The average Bonchev–Trinajstić information content (AvgIpc) is 2.34. The van der Waals surface area contributed by atoms with E-state index in [4.69, 9.17) is 9.47 Å². The SMILES string of the molecule is CC(=O)OCCNC1CCC(NC(=O)OC(C)(C)C)CC1. The van der Waals surface area contributed by atoms with Gasteiger partial charge in [-0.15, -0.1) is 0 Å². The van der Waals surface area contributed by atoms with Crippen LogP contribution in [-0.2, 0) is 14.3 Å². The van der Waals surface area contributed by atoms with E-state index in [1.54, 1.807) is 0 Å². The Bertz CT molecular complexity index is 344. The molecule has 0 atom stereocenters. The quantitative estimate of drug-likeness (QED) is 0.599. The normalized spacial score (nSPS) is 22.5. The molecule has 6 nitrogen and oxygen atoms in total. The van der Waals surface area contributed by atoms with Gasteiger partial charge in [0.15, 0.2) is 0 Å². The van der Waals surface area contributed by atoms with Crippen molar-refractivity contribution in [3.05, 3.63) is 0 Å². The zero-order valence-corrected chi connectivity index (χ0v) is 13.5. The van der Waals surface area contributed by atoms with Crippen LogP contribution >= 0.6 is 0 Å². The molecule has 0 heterocycles. The fourth-order valence-corrected chi connectivity index (χ4v) is 2.37. The van der Waals surface area contributed by atoms with E-state index < -0.39 is 5.60 Å². The Morgan fingerprint density at radius 1 is 1.10 bits per heavy atom. The molecule has 1 rings (SSSR count). The molecule has 1 aliphatic carbocycles. The molecule has 0 aromatic heterocycles. The third-order valence-corrected chi connectivity index (χ3v) is 3.29.